The maximum atomic E-state index is 5.74. The summed E-state index contributed by atoms with van der Waals surface area (Å²) in [6.07, 6.45) is 1.77. The van der Waals surface area contributed by atoms with Crippen LogP contribution in [0.4, 0.5) is 17.4 Å². The summed E-state index contributed by atoms with van der Waals surface area (Å²) in [6, 6.07) is 15.6. The van der Waals surface area contributed by atoms with Crippen LogP contribution in [0.15, 0.2) is 59.1 Å². The molecule has 5 heteroatoms. The van der Waals surface area contributed by atoms with Crippen LogP contribution in [0.3, 0.4) is 0 Å². The molecule has 0 fully saturated rings. The normalized spacial score (nSPS) is 11.0. The van der Waals surface area contributed by atoms with Crippen LogP contribution in [0.1, 0.15) is 0 Å². The molecule has 21 heavy (non-hydrogen) atoms. The summed E-state index contributed by atoms with van der Waals surface area (Å²) >= 11 is 0. The number of nitrogens with zero attached hydrogens (tertiary/aromatic N) is 2. The number of nitrogens with two attached hydrogens (primary N) is 1. The van der Waals surface area contributed by atoms with Gasteiger partial charge in [0.1, 0.15) is 5.52 Å². The Kier molecular flexibility index (Phi) is 2.50. The summed E-state index contributed by atoms with van der Waals surface area (Å²) in [5.41, 5.74) is 9.65. The van der Waals surface area contributed by atoms with Crippen LogP contribution < -0.4 is 11.1 Å². The standard InChI is InChI=1S/C16H12N4O/c17-10-6-7-14-15(9-10)21-16(20-14)19-13-5-1-4-12-11(13)3-2-8-18-12/h1-9H,17H2,(H,19,20). The van der Waals surface area contributed by atoms with Gasteiger partial charge in [-0.1, -0.05) is 6.07 Å². The Hall–Kier alpha value is -3.08. The topological polar surface area (TPSA) is 77.0 Å². The molecule has 3 N–H and O–H groups in total. The zero-order valence-corrected chi connectivity index (χ0v) is 11.1. The van der Waals surface area contributed by atoms with Crippen molar-refractivity contribution in [2.45, 2.75) is 0 Å². The molecule has 2 aromatic carbocycles. The number of benzene rings is 2. The smallest absolute Gasteiger partial charge is 0.300 e. The summed E-state index contributed by atoms with van der Waals surface area (Å²) in [5.74, 6) is 0. The van der Waals surface area contributed by atoms with Gasteiger partial charge in [0, 0.05) is 23.3 Å². The van der Waals surface area contributed by atoms with E-state index in [1.165, 1.54) is 0 Å². The second-order valence-electron chi connectivity index (χ2n) is 4.75. The number of nitrogens with one attached hydrogen (secondary N) is 1. The fraction of sp³-hybridized carbons (Fsp3) is 0. The Morgan fingerprint density at radius 1 is 1.00 bits per heavy atom. The van der Waals surface area contributed by atoms with Gasteiger partial charge < -0.3 is 15.5 Å². The van der Waals surface area contributed by atoms with E-state index in [-0.39, 0.29) is 0 Å². The van der Waals surface area contributed by atoms with Crippen molar-refractivity contribution in [3.63, 3.8) is 0 Å². The van der Waals surface area contributed by atoms with Crippen LogP contribution in [-0.2, 0) is 0 Å². The average Bonchev–Trinajstić information content (AvgIpc) is 2.89. The van der Waals surface area contributed by atoms with Gasteiger partial charge in [0.2, 0.25) is 0 Å². The summed E-state index contributed by atoms with van der Waals surface area (Å²) < 4.78 is 5.68. The number of hydrogen-bond acceptors (Lipinski definition) is 5. The van der Waals surface area contributed by atoms with Crippen molar-refractivity contribution < 1.29 is 4.42 Å². The quantitative estimate of drug-likeness (QED) is 0.546. The number of nitrogen functional groups attached to an aromatic ring is 1. The van der Waals surface area contributed by atoms with Crippen molar-refractivity contribution in [2.24, 2.45) is 0 Å². The van der Waals surface area contributed by atoms with Crippen molar-refractivity contribution >= 4 is 39.4 Å². The van der Waals surface area contributed by atoms with Gasteiger partial charge in [-0.3, -0.25) is 4.98 Å². The molecule has 102 valence electrons. The van der Waals surface area contributed by atoms with E-state index in [2.05, 4.69) is 15.3 Å². The Labute approximate surface area is 120 Å². The third kappa shape index (κ3) is 2.04. The lowest BCUT2D eigenvalue weighted by Gasteiger charge is -2.05. The molecule has 4 rings (SSSR count). The van der Waals surface area contributed by atoms with Crippen molar-refractivity contribution in [1.29, 1.82) is 0 Å². The zero-order chi connectivity index (χ0) is 14.2. The highest BCUT2D eigenvalue weighted by molar-refractivity contribution is 5.92. The van der Waals surface area contributed by atoms with Crippen LogP contribution >= 0.6 is 0 Å². The minimum atomic E-state index is 0.437. The third-order valence-electron chi connectivity index (χ3n) is 3.30. The van der Waals surface area contributed by atoms with Crippen molar-refractivity contribution in [3.8, 4) is 0 Å². The van der Waals surface area contributed by atoms with E-state index >= 15 is 0 Å². The van der Waals surface area contributed by atoms with Crippen molar-refractivity contribution in [1.82, 2.24) is 9.97 Å². The van der Waals surface area contributed by atoms with Crippen LogP contribution in [0.25, 0.3) is 22.0 Å². The number of hydrogen-bond donors (Lipinski definition) is 2. The second-order valence-corrected chi connectivity index (χ2v) is 4.75. The minimum Gasteiger partial charge on any atom is -0.423 e. The predicted molar refractivity (Wildman–Crippen MR) is 83.4 cm³/mol. The van der Waals surface area contributed by atoms with Crippen molar-refractivity contribution in [2.75, 3.05) is 11.1 Å². The fourth-order valence-electron chi connectivity index (χ4n) is 2.32. The molecule has 0 aliphatic heterocycles. The number of fused-ring (bicyclic) bond motifs is 2. The average molecular weight is 276 g/mol. The Bertz CT molecular complexity index is 940. The molecule has 2 aromatic heterocycles. The molecule has 0 unspecified atom stereocenters. The van der Waals surface area contributed by atoms with Crippen LogP contribution in [0.2, 0.25) is 0 Å². The van der Waals surface area contributed by atoms with Crippen LogP contribution in [0.5, 0.6) is 0 Å². The molecule has 0 atom stereocenters. The second kappa shape index (κ2) is 4.49. The first kappa shape index (κ1) is 11.7. The molecule has 0 saturated heterocycles. The van der Waals surface area contributed by atoms with Crippen molar-refractivity contribution in [3.05, 3.63) is 54.7 Å². The first-order chi connectivity index (χ1) is 10.3. The summed E-state index contributed by atoms with van der Waals surface area (Å²) in [7, 11) is 0. The van der Waals surface area contributed by atoms with E-state index < -0.39 is 0 Å². The van der Waals surface area contributed by atoms with Gasteiger partial charge in [-0.05, 0) is 36.4 Å². The van der Waals surface area contributed by atoms with Gasteiger partial charge >= 0.3 is 0 Å². The van der Waals surface area contributed by atoms with Gasteiger partial charge in [-0.2, -0.15) is 4.98 Å². The monoisotopic (exact) mass is 276 g/mol. The molecule has 0 saturated carbocycles. The van der Waals surface area contributed by atoms with Crippen LogP contribution in [0, 0.1) is 0 Å². The molecule has 0 aliphatic rings. The van der Waals surface area contributed by atoms with Crippen LogP contribution in [-0.4, -0.2) is 9.97 Å². The summed E-state index contributed by atoms with van der Waals surface area (Å²) in [4.78, 5) is 8.73. The molecule has 5 nitrogen and oxygen atoms in total. The first-order valence-corrected chi connectivity index (χ1v) is 6.56. The highest BCUT2D eigenvalue weighted by Gasteiger charge is 2.08. The SMILES string of the molecule is Nc1ccc2nc(Nc3cccc4ncccc34)oc2c1. The summed E-state index contributed by atoms with van der Waals surface area (Å²) in [6.45, 7) is 0. The Balaban J connectivity index is 1.79. The maximum Gasteiger partial charge on any atom is 0.300 e. The molecule has 2 heterocycles. The molecule has 0 bridgehead atoms. The van der Waals surface area contributed by atoms with Gasteiger partial charge in [-0.15, -0.1) is 0 Å². The van der Waals surface area contributed by atoms with E-state index in [0.717, 1.165) is 22.1 Å². The Morgan fingerprint density at radius 2 is 1.95 bits per heavy atom. The molecule has 4 aromatic rings. The Morgan fingerprint density at radius 3 is 2.90 bits per heavy atom. The molecule has 0 amide bonds. The molecular formula is C16H12N4O. The van der Waals surface area contributed by atoms with E-state index in [0.29, 0.717) is 17.3 Å². The number of aromatic nitrogens is 2. The molecule has 0 aliphatic carbocycles. The van der Waals surface area contributed by atoms with Gasteiger partial charge in [0.15, 0.2) is 5.58 Å². The van der Waals surface area contributed by atoms with Gasteiger partial charge in [0.25, 0.3) is 6.01 Å². The number of oxazole rings is 1. The van der Waals surface area contributed by atoms with E-state index in [1.54, 1.807) is 18.3 Å². The lowest BCUT2D eigenvalue weighted by Crippen LogP contribution is -1.91. The number of pyridine rings is 1. The summed E-state index contributed by atoms with van der Waals surface area (Å²) in [5, 5.41) is 4.21. The first-order valence-electron chi connectivity index (χ1n) is 6.56. The van der Waals surface area contributed by atoms with E-state index in [4.69, 9.17) is 10.2 Å². The fourth-order valence-corrected chi connectivity index (χ4v) is 2.32. The lowest BCUT2D eigenvalue weighted by molar-refractivity contribution is 0.623. The predicted octanol–water partition coefficient (Wildman–Crippen LogP) is 3.70. The zero-order valence-electron chi connectivity index (χ0n) is 11.1. The highest BCUT2D eigenvalue weighted by atomic mass is 16.4. The number of rotatable bonds is 2. The molecular weight excluding hydrogens is 264 g/mol. The minimum absolute atomic E-state index is 0.437. The highest BCUT2D eigenvalue weighted by Crippen LogP contribution is 2.27. The lowest BCUT2D eigenvalue weighted by atomic mass is 10.2. The van der Waals surface area contributed by atoms with E-state index in [9.17, 15) is 0 Å². The largest absolute Gasteiger partial charge is 0.423 e. The molecule has 0 radical (unpaired) electrons. The third-order valence-corrected chi connectivity index (χ3v) is 3.30. The van der Waals surface area contributed by atoms with Gasteiger partial charge in [0.05, 0.1) is 11.2 Å². The number of anilines is 3. The molecule has 0 spiro atoms. The van der Waals surface area contributed by atoms with Gasteiger partial charge in [-0.25, -0.2) is 0 Å². The van der Waals surface area contributed by atoms with E-state index in [1.807, 2.05) is 36.4 Å². The maximum absolute atomic E-state index is 5.74.